The van der Waals surface area contributed by atoms with Gasteiger partial charge in [0.05, 0.1) is 6.10 Å². The summed E-state index contributed by atoms with van der Waals surface area (Å²) in [6.45, 7) is 5.73. The van der Waals surface area contributed by atoms with Gasteiger partial charge in [-0.1, -0.05) is 12.8 Å². The summed E-state index contributed by atoms with van der Waals surface area (Å²) >= 11 is 0. The lowest BCUT2D eigenvalue weighted by atomic mass is 9.60. The van der Waals surface area contributed by atoms with Gasteiger partial charge in [-0.2, -0.15) is 0 Å². The van der Waals surface area contributed by atoms with E-state index in [-0.39, 0.29) is 0 Å². The Labute approximate surface area is 129 Å². The SMILES string of the molecule is CCOC1CC(NC2CCN3CCCC3C2)C12CCCC2. The van der Waals surface area contributed by atoms with Crippen molar-refractivity contribution >= 4 is 0 Å². The summed E-state index contributed by atoms with van der Waals surface area (Å²) in [7, 11) is 0. The highest BCUT2D eigenvalue weighted by Gasteiger charge is 2.57. The second-order valence-corrected chi connectivity index (χ2v) is 7.89. The molecular weight excluding hydrogens is 260 g/mol. The van der Waals surface area contributed by atoms with Crippen molar-refractivity contribution in [2.75, 3.05) is 19.7 Å². The fraction of sp³-hybridized carbons (Fsp3) is 1.00. The molecule has 0 aromatic rings. The van der Waals surface area contributed by atoms with Gasteiger partial charge in [0.2, 0.25) is 0 Å². The molecule has 1 N–H and O–H groups in total. The number of nitrogens with one attached hydrogen (secondary N) is 1. The van der Waals surface area contributed by atoms with Crippen LogP contribution in [0.4, 0.5) is 0 Å². The van der Waals surface area contributed by atoms with Crippen LogP contribution in [-0.4, -0.2) is 48.8 Å². The molecule has 4 unspecified atom stereocenters. The Hall–Kier alpha value is -0.120. The zero-order valence-electron chi connectivity index (χ0n) is 13.7. The van der Waals surface area contributed by atoms with E-state index in [2.05, 4.69) is 17.1 Å². The zero-order chi connectivity index (χ0) is 14.3. The maximum absolute atomic E-state index is 6.06. The third-order valence-corrected chi connectivity index (χ3v) is 6.94. The molecule has 0 amide bonds. The number of piperidine rings is 1. The number of hydrogen-bond donors (Lipinski definition) is 1. The quantitative estimate of drug-likeness (QED) is 0.862. The van der Waals surface area contributed by atoms with Crippen LogP contribution >= 0.6 is 0 Å². The standard InChI is InChI=1S/C18H32N2O/c1-2-21-17-13-16(18(17)8-3-4-9-18)19-14-7-11-20-10-5-6-15(20)12-14/h14-17,19H,2-13H2,1H3. The minimum Gasteiger partial charge on any atom is -0.378 e. The van der Waals surface area contributed by atoms with E-state index in [1.54, 1.807) is 0 Å². The molecule has 120 valence electrons. The summed E-state index contributed by atoms with van der Waals surface area (Å²) < 4.78 is 6.06. The molecule has 21 heavy (non-hydrogen) atoms. The summed E-state index contributed by atoms with van der Waals surface area (Å²) in [5.41, 5.74) is 0.503. The Kier molecular flexibility index (Phi) is 4.01. The van der Waals surface area contributed by atoms with E-state index in [0.29, 0.717) is 11.5 Å². The van der Waals surface area contributed by atoms with E-state index < -0.39 is 0 Å². The molecule has 0 aromatic carbocycles. The summed E-state index contributed by atoms with van der Waals surface area (Å²) in [5.74, 6) is 0. The molecule has 2 aliphatic carbocycles. The van der Waals surface area contributed by atoms with E-state index in [1.807, 2.05) is 0 Å². The van der Waals surface area contributed by atoms with Crippen LogP contribution in [0.3, 0.4) is 0 Å². The summed E-state index contributed by atoms with van der Waals surface area (Å²) in [4.78, 5) is 2.73. The van der Waals surface area contributed by atoms with Crippen LogP contribution in [0.5, 0.6) is 0 Å². The van der Waals surface area contributed by atoms with E-state index in [9.17, 15) is 0 Å². The lowest BCUT2D eigenvalue weighted by Crippen LogP contribution is -2.65. The van der Waals surface area contributed by atoms with Gasteiger partial charge in [0.1, 0.15) is 0 Å². The fourth-order valence-corrected chi connectivity index (χ4v) is 5.78. The van der Waals surface area contributed by atoms with Gasteiger partial charge in [0, 0.05) is 30.1 Å². The molecular formula is C18H32N2O. The Morgan fingerprint density at radius 3 is 2.76 bits per heavy atom. The van der Waals surface area contributed by atoms with Crippen molar-refractivity contribution in [1.82, 2.24) is 10.2 Å². The molecule has 1 spiro atoms. The van der Waals surface area contributed by atoms with Crippen molar-refractivity contribution in [3.63, 3.8) is 0 Å². The second kappa shape index (κ2) is 5.82. The Balaban J connectivity index is 1.36. The van der Waals surface area contributed by atoms with E-state index in [0.717, 1.165) is 24.7 Å². The van der Waals surface area contributed by atoms with Crippen molar-refractivity contribution in [3.8, 4) is 0 Å². The molecule has 2 saturated carbocycles. The third kappa shape index (κ3) is 2.46. The van der Waals surface area contributed by atoms with E-state index in [4.69, 9.17) is 4.74 Å². The number of hydrogen-bond acceptors (Lipinski definition) is 3. The van der Waals surface area contributed by atoms with Crippen molar-refractivity contribution in [2.45, 2.75) is 88.9 Å². The van der Waals surface area contributed by atoms with Crippen LogP contribution in [0.2, 0.25) is 0 Å². The predicted molar refractivity (Wildman–Crippen MR) is 85.5 cm³/mol. The van der Waals surface area contributed by atoms with Gasteiger partial charge in [-0.15, -0.1) is 0 Å². The molecule has 2 heterocycles. The highest BCUT2D eigenvalue weighted by Crippen LogP contribution is 2.55. The van der Waals surface area contributed by atoms with Crippen LogP contribution in [0, 0.1) is 5.41 Å². The first kappa shape index (κ1) is 14.5. The molecule has 0 radical (unpaired) electrons. The van der Waals surface area contributed by atoms with Gasteiger partial charge in [0.25, 0.3) is 0 Å². The number of rotatable bonds is 4. The largest absolute Gasteiger partial charge is 0.378 e. The van der Waals surface area contributed by atoms with Gasteiger partial charge in [-0.05, 0) is 65.0 Å². The highest BCUT2D eigenvalue weighted by atomic mass is 16.5. The first-order valence-electron chi connectivity index (χ1n) is 9.43. The third-order valence-electron chi connectivity index (χ3n) is 6.94. The molecule has 0 aromatic heterocycles. The Morgan fingerprint density at radius 2 is 1.95 bits per heavy atom. The maximum atomic E-state index is 6.06. The summed E-state index contributed by atoms with van der Waals surface area (Å²) in [6, 6.07) is 2.41. The molecule has 4 fully saturated rings. The topological polar surface area (TPSA) is 24.5 Å². The molecule has 2 aliphatic heterocycles. The summed E-state index contributed by atoms with van der Waals surface area (Å²) in [6.07, 6.45) is 13.1. The van der Waals surface area contributed by atoms with Gasteiger partial charge >= 0.3 is 0 Å². The van der Waals surface area contributed by atoms with Gasteiger partial charge in [0.15, 0.2) is 0 Å². The van der Waals surface area contributed by atoms with E-state index >= 15 is 0 Å². The van der Waals surface area contributed by atoms with Crippen LogP contribution in [0.1, 0.15) is 64.7 Å². The van der Waals surface area contributed by atoms with Crippen molar-refractivity contribution in [1.29, 1.82) is 0 Å². The van der Waals surface area contributed by atoms with Crippen LogP contribution in [-0.2, 0) is 4.74 Å². The monoisotopic (exact) mass is 292 g/mol. The van der Waals surface area contributed by atoms with Crippen molar-refractivity contribution in [3.05, 3.63) is 0 Å². The number of fused-ring (bicyclic) bond motifs is 1. The molecule has 4 atom stereocenters. The zero-order valence-corrected chi connectivity index (χ0v) is 13.7. The smallest absolute Gasteiger partial charge is 0.0661 e. The Bertz CT molecular complexity index is 366. The minimum atomic E-state index is 0.503. The van der Waals surface area contributed by atoms with Gasteiger partial charge < -0.3 is 15.0 Å². The first-order valence-corrected chi connectivity index (χ1v) is 9.43. The van der Waals surface area contributed by atoms with Crippen LogP contribution in [0.25, 0.3) is 0 Å². The van der Waals surface area contributed by atoms with Gasteiger partial charge in [-0.25, -0.2) is 0 Å². The highest BCUT2D eigenvalue weighted by molar-refractivity contribution is 5.11. The van der Waals surface area contributed by atoms with Gasteiger partial charge in [-0.3, -0.25) is 0 Å². The average molecular weight is 292 g/mol. The number of ether oxygens (including phenoxy) is 1. The lowest BCUT2D eigenvalue weighted by molar-refractivity contribution is -0.134. The van der Waals surface area contributed by atoms with Crippen LogP contribution in [0.15, 0.2) is 0 Å². The summed E-state index contributed by atoms with van der Waals surface area (Å²) in [5, 5.41) is 4.08. The number of nitrogens with zero attached hydrogens (tertiary/aromatic N) is 1. The Morgan fingerprint density at radius 1 is 1.10 bits per heavy atom. The fourth-order valence-electron chi connectivity index (χ4n) is 5.78. The van der Waals surface area contributed by atoms with Crippen LogP contribution < -0.4 is 5.32 Å². The molecule has 3 nitrogen and oxygen atoms in total. The van der Waals surface area contributed by atoms with Crippen molar-refractivity contribution < 1.29 is 4.74 Å². The average Bonchev–Trinajstić information content (AvgIpc) is 3.16. The molecule has 4 rings (SSSR count). The molecule has 2 saturated heterocycles. The predicted octanol–water partition coefficient (Wildman–Crippen LogP) is 2.94. The first-order chi connectivity index (χ1) is 10.3. The van der Waals surface area contributed by atoms with E-state index in [1.165, 1.54) is 70.9 Å². The molecule has 0 bridgehead atoms. The normalized spacial score (nSPS) is 42.1. The molecule has 4 aliphatic rings. The maximum Gasteiger partial charge on any atom is 0.0661 e. The molecule has 3 heteroatoms. The van der Waals surface area contributed by atoms with Crippen molar-refractivity contribution in [2.24, 2.45) is 5.41 Å². The minimum absolute atomic E-state index is 0.503. The second-order valence-electron chi connectivity index (χ2n) is 7.89. The lowest BCUT2D eigenvalue weighted by Gasteiger charge is -2.55.